The highest BCUT2D eigenvalue weighted by Crippen LogP contribution is 2.50. The SMILES string of the molecule is CC(C)=CCC[C@]1(C)[C@@H](CC=C(C)C)C[C@H](C)C(=O)[C@](O)(CC=C(C)C)C(=O)[C@H]1C(=O)c1ccccc1. The van der Waals surface area contributed by atoms with E-state index >= 15 is 0 Å². The van der Waals surface area contributed by atoms with Crippen LogP contribution in [-0.4, -0.2) is 28.1 Å². The molecule has 4 nitrogen and oxygen atoms in total. The fraction of sp³-hybridized carbons (Fsp3) is 0.545. The minimum atomic E-state index is -2.23. The van der Waals surface area contributed by atoms with Crippen LogP contribution in [0.15, 0.2) is 65.3 Å². The number of hydrogen-bond donors (Lipinski definition) is 1. The average Bonchev–Trinajstić information content (AvgIpc) is 2.83. The molecule has 1 aliphatic rings. The highest BCUT2D eigenvalue weighted by molar-refractivity contribution is 6.21. The van der Waals surface area contributed by atoms with Crippen molar-refractivity contribution < 1.29 is 19.5 Å². The lowest BCUT2D eigenvalue weighted by molar-refractivity contribution is -0.161. The number of carbonyl (C=O) groups excluding carboxylic acids is 3. The van der Waals surface area contributed by atoms with Crippen LogP contribution in [0.25, 0.3) is 0 Å². The molecule has 1 aromatic carbocycles. The van der Waals surface area contributed by atoms with Crippen LogP contribution in [0.4, 0.5) is 0 Å². The second-order valence-electron chi connectivity index (χ2n) is 11.9. The average molecular weight is 507 g/mol. The normalized spacial score (nSPS) is 28.1. The molecule has 0 saturated heterocycles. The maximum atomic E-state index is 14.4. The molecule has 0 spiro atoms. The van der Waals surface area contributed by atoms with Crippen LogP contribution in [0.3, 0.4) is 0 Å². The first-order valence-electron chi connectivity index (χ1n) is 13.5. The van der Waals surface area contributed by atoms with Gasteiger partial charge in [-0.2, -0.15) is 0 Å². The summed E-state index contributed by atoms with van der Waals surface area (Å²) in [5, 5.41) is 11.8. The fourth-order valence-corrected chi connectivity index (χ4v) is 5.61. The fourth-order valence-electron chi connectivity index (χ4n) is 5.61. The molecular formula is C33H46O4. The molecule has 0 radical (unpaired) electrons. The van der Waals surface area contributed by atoms with Gasteiger partial charge in [0.15, 0.2) is 23.0 Å². The Bertz CT molecular complexity index is 1060. The number of Topliss-reactive ketones (excluding diaryl/α,β-unsaturated/α-hetero) is 3. The summed E-state index contributed by atoms with van der Waals surface area (Å²) in [6, 6.07) is 8.83. The third-order valence-electron chi connectivity index (χ3n) is 7.93. The number of aliphatic hydroxyl groups is 1. The van der Waals surface area contributed by atoms with Crippen molar-refractivity contribution in [2.45, 2.75) is 93.1 Å². The van der Waals surface area contributed by atoms with Gasteiger partial charge in [-0.15, -0.1) is 0 Å². The molecule has 2 rings (SSSR count). The van der Waals surface area contributed by atoms with Crippen LogP contribution in [0.5, 0.6) is 0 Å². The minimum absolute atomic E-state index is 0.0819. The Kier molecular flexibility index (Phi) is 10.6. The van der Waals surface area contributed by atoms with Crippen molar-refractivity contribution in [3.63, 3.8) is 0 Å². The van der Waals surface area contributed by atoms with E-state index < -0.39 is 34.4 Å². The highest BCUT2D eigenvalue weighted by Gasteiger charge is 2.58. The zero-order valence-electron chi connectivity index (χ0n) is 24.1. The van der Waals surface area contributed by atoms with Gasteiger partial charge in [-0.05, 0) is 78.6 Å². The maximum absolute atomic E-state index is 14.4. The molecular weight excluding hydrogens is 460 g/mol. The molecule has 1 aromatic rings. The second-order valence-corrected chi connectivity index (χ2v) is 11.9. The predicted octanol–water partition coefficient (Wildman–Crippen LogP) is 7.48. The molecule has 0 aliphatic heterocycles. The van der Waals surface area contributed by atoms with E-state index in [-0.39, 0.29) is 18.1 Å². The molecule has 0 bridgehead atoms. The summed E-state index contributed by atoms with van der Waals surface area (Å²) in [7, 11) is 0. The van der Waals surface area contributed by atoms with Gasteiger partial charge >= 0.3 is 0 Å². The smallest absolute Gasteiger partial charge is 0.185 e. The summed E-state index contributed by atoms with van der Waals surface area (Å²) in [5.74, 6) is -3.17. The van der Waals surface area contributed by atoms with E-state index in [0.717, 1.165) is 11.1 Å². The van der Waals surface area contributed by atoms with Gasteiger partial charge in [0.2, 0.25) is 0 Å². The van der Waals surface area contributed by atoms with Crippen molar-refractivity contribution in [2.24, 2.45) is 23.2 Å². The number of ketones is 3. The van der Waals surface area contributed by atoms with E-state index in [4.69, 9.17) is 0 Å². The van der Waals surface area contributed by atoms with Gasteiger partial charge in [0.25, 0.3) is 0 Å². The largest absolute Gasteiger partial charge is 0.374 e. The Morgan fingerprint density at radius 1 is 0.919 bits per heavy atom. The monoisotopic (exact) mass is 506 g/mol. The molecule has 1 fully saturated rings. The molecule has 0 unspecified atom stereocenters. The summed E-state index contributed by atoms with van der Waals surface area (Å²) in [6.07, 6.45) is 8.40. The lowest BCUT2D eigenvalue weighted by Crippen LogP contribution is -2.59. The lowest BCUT2D eigenvalue weighted by atomic mass is 9.54. The molecule has 5 atom stereocenters. The van der Waals surface area contributed by atoms with Crippen LogP contribution in [0.2, 0.25) is 0 Å². The first-order valence-corrected chi connectivity index (χ1v) is 13.5. The maximum Gasteiger partial charge on any atom is 0.185 e. The Hall–Kier alpha value is -2.59. The van der Waals surface area contributed by atoms with Crippen molar-refractivity contribution in [1.29, 1.82) is 0 Å². The molecule has 1 aliphatic carbocycles. The van der Waals surface area contributed by atoms with Crippen molar-refractivity contribution >= 4 is 17.3 Å². The van der Waals surface area contributed by atoms with Crippen LogP contribution in [0.1, 0.15) is 97.9 Å². The molecule has 0 amide bonds. The molecule has 37 heavy (non-hydrogen) atoms. The van der Waals surface area contributed by atoms with E-state index in [2.05, 4.69) is 12.2 Å². The number of carbonyl (C=O) groups is 3. The lowest BCUT2D eigenvalue weighted by Gasteiger charge is -2.48. The van der Waals surface area contributed by atoms with E-state index in [1.54, 1.807) is 30.3 Å². The first-order chi connectivity index (χ1) is 17.2. The van der Waals surface area contributed by atoms with E-state index in [0.29, 0.717) is 31.2 Å². The Morgan fingerprint density at radius 2 is 1.49 bits per heavy atom. The van der Waals surface area contributed by atoms with E-state index in [1.165, 1.54) is 5.57 Å². The summed E-state index contributed by atoms with van der Waals surface area (Å²) in [6.45, 7) is 15.7. The van der Waals surface area contributed by atoms with Gasteiger partial charge in [0.1, 0.15) is 0 Å². The number of allylic oxidation sites excluding steroid dienone is 5. The van der Waals surface area contributed by atoms with Crippen LogP contribution in [0, 0.1) is 23.2 Å². The van der Waals surface area contributed by atoms with Crippen LogP contribution < -0.4 is 0 Å². The molecule has 0 aromatic heterocycles. The summed E-state index contributed by atoms with van der Waals surface area (Å²) in [5.41, 5.74) is 0.686. The second kappa shape index (κ2) is 12.8. The molecule has 202 valence electrons. The van der Waals surface area contributed by atoms with Crippen molar-refractivity contribution in [3.8, 4) is 0 Å². The van der Waals surface area contributed by atoms with Gasteiger partial charge in [-0.3, -0.25) is 14.4 Å². The highest BCUT2D eigenvalue weighted by atomic mass is 16.3. The molecule has 4 heteroatoms. The van der Waals surface area contributed by atoms with Gasteiger partial charge in [0.05, 0.1) is 5.92 Å². The van der Waals surface area contributed by atoms with Gasteiger partial charge in [-0.25, -0.2) is 0 Å². The molecule has 0 heterocycles. The molecule has 1 saturated carbocycles. The van der Waals surface area contributed by atoms with E-state index in [9.17, 15) is 19.5 Å². The van der Waals surface area contributed by atoms with Crippen LogP contribution >= 0.6 is 0 Å². The summed E-state index contributed by atoms with van der Waals surface area (Å²) in [4.78, 5) is 42.4. The third kappa shape index (κ3) is 7.25. The summed E-state index contributed by atoms with van der Waals surface area (Å²) < 4.78 is 0. The molecule has 1 N–H and O–H groups in total. The standard InChI is InChI=1S/C33H46O4/c1-22(2)13-12-19-32(8)27(17-16-23(3)4)21-25(7)30(35)33(37,20-18-24(5)6)31(36)28(32)29(34)26-14-10-9-11-15-26/h9-11,13-16,18,25,27-28,37H,12,17,19-21H2,1-8H3/t25-,27-,28+,32+,33+/m0/s1. The number of benzene rings is 1. The Labute approximate surface area is 223 Å². The predicted molar refractivity (Wildman–Crippen MR) is 151 cm³/mol. The third-order valence-corrected chi connectivity index (χ3v) is 7.93. The summed E-state index contributed by atoms with van der Waals surface area (Å²) >= 11 is 0. The van der Waals surface area contributed by atoms with Crippen LogP contribution in [-0.2, 0) is 9.59 Å². The van der Waals surface area contributed by atoms with Crippen molar-refractivity contribution in [2.75, 3.05) is 0 Å². The Morgan fingerprint density at radius 3 is 2.03 bits per heavy atom. The minimum Gasteiger partial charge on any atom is -0.374 e. The topological polar surface area (TPSA) is 71.4 Å². The van der Waals surface area contributed by atoms with Gasteiger partial charge in [-0.1, -0.05) is 79.1 Å². The Balaban J connectivity index is 2.83. The van der Waals surface area contributed by atoms with Crippen molar-refractivity contribution in [1.82, 2.24) is 0 Å². The first kappa shape index (κ1) is 30.6. The van der Waals surface area contributed by atoms with Gasteiger partial charge < -0.3 is 5.11 Å². The number of hydrogen-bond acceptors (Lipinski definition) is 4. The quantitative estimate of drug-likeness (QED) is 0.214. The zero-order valence-corrected chi connectivity index (χ0v) is 24.1. The van der Waals surface area contributed by atoms with Crippen molar-refractivity contribution in [3.05, 3.63) is 70.8 Å². The van der Waals surface area contributed by atoms with Gasteiger partial charge in [0, 0.05) is 17.9 Å². The van der Waals surface area contributed by atoms with E-state index in [1.807, 2.05) is 61.5 Å². The number of rotatable bonds is 9. The zero-order chi connectivity index (χ0) is 28.0.